The summed E-state index contributed by atoms with van der Waals surface area (Å²) in [5.41, 5.74) is 1.13. The maximum atomic E-state index is 13.0. The van der Waals surface area contributed by atoms with Gasteiger partial charge >= 0.3 is 0 Å². The van der Waals surface area contributed by atoms with E-state index < -0.39 is 5.91 Å². The van der Waals surface area contributed by atoms with Gasteiger partial charge in [-0.25, -0.2) is 0 Å². The Balaban J connectivity index is 1.47. The van der Waals surface area contributed by atoms with Gasteiger partial charge in [0.25, 0.3) is 5.91 Å². The highest BCUT2D eigenvalue weighted by Crippen LogP contribution is 2.32. The van der Waals surface area contributed by atoms with E-state index in [1.165, 1.54) is 25.0 Å². The van der Waals surface area contributed by atoms with Crippen LogP contribution in [0.4, 0.5) is 29.2 Å². The summed E-state index contributed by atoms with van der Waals surface area (Å²) in [5.74, 6) is 1.62. The van der Waals surface area contributed by atoms with Crippen LogP contribution in [0.1, 0.15) is 48.9 Å². The molecule has 0 saturated carbocycles. The zero-order valence-electron chi connectivity index (χ0n) is 21.4. The summed E-state index contributed by atoms with van der Waals surface area (Å²) in [7, 11) is 1.58. The van der Waals surface area contributed by atoms with Gasteiger partial charge in [0.1, 0.15) is 11.5 Å². The van der Waals surface area contributed by atoms with Crippen molar-refractivity contribution in [3.05, 3.63) is 47.0 Å². The number of aromatic nitrogens is 3. The van der Waals surface area contributed by atoms with Crippen molar-refractivity contribution in [3.63, 3.8) is 0 Å². The third kappa shape index (κ3) is 6.02. The Hall–Kier alpha value is -3.79. The van der Waals surface area contributed by atoms with E-state index in [9.17, 15) is 9.90 Å². The van der Waals surface area contributed by atoms with Crippen LogP contribution in [0, 0.1) is 0 Å². The third-order valence-corrected chi connectivity index (χ3v) is 7.05. The number of hydrogen-bond acceptors (Lipinski definition) is 9. The van der Waals surface area contributed by atoms with Gasteiger partial charge in [0.15, 0.2) is 0 Å². The molecular formula is C27H32ClN7O3. The van der Waals surface area contributed by atoms with E-state index in [0.717, 1.165) is 51.9 Å². The van der Waals surface area contributed by atoms with Crippen molar-refractivity contribution >= 4 is 46.7 Å². The van der Waals surface area contributed by atoms with E-state index in [1.54, 1.807) is 31.4 Å². The van der Waals surface area contributed by atoms with Gasteiger partial charge in [-0.1, -0.05) is 11.6 Å². The fourth-order valence-electron chi connectivity index (χ4n) is 4.75. The molecule has 10 nitrogen and oxygen atoms in total. The molecular weight excluding hydrogens is 506 g/mol. The molecule has 2 aliphatic heterocycles. The van der Waals surface area contributed by atoms with Gasteiger partial charge in [0.2, 0.25) is 17.8 Å². The first kappa shape index (κ1) is 25.8. The second-order valence-electron chi connectivity index (χ2n) is 9.51. The molecule has 2 aliphatic rings. The smallest absolute Gasteiger partial charge is 0.259 e. The van der Waals surface area contributed by atoms with Gasteiger partial charge in [0.05, 0.1) is 24.0 Å². The molecule has 2 fully saturated rings. The molecule has 5 rings (SSSR count). The summed E-state index contributed by atoms with van der Waals surface area (Å²) < 4.78 is 5.43. The monoisotopic (exact) mass is 537 g/mol. The predicted octanol–water partition coefficient (Wildman–Crippen LogP) is 5.22. The SMILES string of the molecule is COc1ccc(NC(=O)c2ccc(Cl)cc2O)c(Nc2nc(N3CCCCC3)nc(N3CCCCC3)n2)c1. The fraction of sp³-hybridized carbons (Fsp3) is 0.407. The van der Waals surface area contributed by atoms with Gasteiger partial charge in [-0.3, -0.25) is 4.79 Å². The van der Waals surface area contributed by atoms with Gasteiger partial charge in [-0.05, 0) is 68.9 Å². The Morgan fingerprint density at radius 3 is 2.08 bits per heavy atom. The number of phenols is 1. The van der Waals surface area contributed by atoms with E-state index in [4.69, 9.17) is 31.3 Å². The van der Waals surface area contributed by atoms with Crippen LogP contribution in [-0.2, 0) is 0 Å². The molecule has 0 radical (unpaired) electrons. The number of carbonyl (C=O) groups is 1. The molecule has 0 spiro atoms. The van der Waals surface area contributed by atoms with Crippen LogP contribution in [0.5, 0.6) is 11.5 Å². The first-order valence-electron chi connectivity index (χ1n) is 13.0. The highest BCUT2D eigenvalue weighted by atomic mass is 35.5. The summed E-state index contributed by atoms with van der Waals surface area (Å²) in [6.07, 6.45) is 6.85. The van der Waals surface area contributed by atoms with Crippen LogP contribution in [0.2, 0.25) is 5.02 Å². The molecule has 200 valence electrons. The van der Waals surface area contributed by atoms with Crippen LogP contribution >= 0.6 is 11.6 Å². The van der Waals surface area contributed by atoms with Gasteiger partial charge in [-0.15, -0.1) is 0 Å². The number of anilines is 5. The number of phenolic OH excluding ortho intramolecular Hbond substituents is 1. The van der Waals surface area contributed by atoms with Gasteiger partial charge in [0, 0.05) is 37.3 Å². The highest BCUT2D eigenvalue weighted by Gasteiger charge is 2.21. The molecule has 1 aromatic heterocycles. The van der Waals surface area contributed by atoms with Crippen LogP contribution in [-0.4, -0.2) is 59.3 Å². The maximum absolute atomic E-state index is 13.0. The number of ether oxygens (including phenoxy) is 1. The van der Waals surface area contributed by atoms with Crippen molar-refractivity contribution < 1.29 is 14.6 Å². The number of piperidine rings is 2. The van der Waals surface area contributed by atoms with Crippen molar-refractivity contribution in [2.24, 2.45) is 0 Å². The summed E-state index contributed by atoms with van der Waals surface area (Å²) in [5, 5.41) is 16.7. The minimum Gasteiger partial charge on any atom is -0.507 e. The minimum absolute atomic E-state index is 0.107. The molecule has 38 heavy (non-hydrogen) atoms. The lowest BCUT2D eigenvalue weighted by atomic mass is 10.1. The Morgan fingerprint density at radius 2 is 1.50 bits per heavy atom. The van der Waals surface area contributed by atoms with E-state index >= 15 is 0 Å². The lowest BCUT2D eigenvalue weighted by Crippen LogP contribution is -2.34. The number of rotatable bonds is 7. The molecule has 3 N–H and O–H groups in total. The lowest BCUT2D eigenvalue weighted by Gasteiger charge is -2.30. The lowest BCUT2D eigenvalue weighted by molar-refractivity contribution is 0.102. The van der Waals surface area contributed by atoms with Crippen molar-refractivity contribution in [1.29, 1.82) is 0 Å². The Bertz CT molecular complexity index is 1260. The van der Waals surface area contributed by atoms with Gasteiger partial charge < -0.3 is 30.3 Å². The fourth-order valence-corrected chi connectivity index (χ4v) is 4.92. The first-order chi connectivity index (χ1) is 18.5. The molecule has 3 aromatic rings. The standard InChI is InChI=1S/C27H32ClN7O3/c1-38-19-9-11-21(29-24(37)20-10-8-18(28)16-23(20)36)22(17-19)30-25-31-26(34-12-4-2-5-13-34)33-27(32-25)35-14-6-3-7-15-35/h8-11,16-17,36H,2-7,12-15H2,1H3,(H,29,37)(H,30,31,32,33). The van der Waals surface area contributed by atoms with Crippen molar-refractivity contribution in [1.82, 2.24) is 15.0 Å². The first-order valence-corrected chi connectivity index (χ1v) is 13.4. The number of benzene rings is 2. The Morgan fingerprint density at radius 1 is 0.868 bits per heavy atom. The number of aromatic hydroxyl groups is 1. The zero-order valence-corrected chi connectivity index (χ0v) is 22.2. The minimum atomic E-state index is -0.481. The second-order valence-corrected chi connectivity index (χ2v) is 9.94. The molecule has 2 saturated heterocycles. The number of amides is 1. The highest BCUT2D eigenvalue weighted by molar-refractivity contribution is 6.31. The summed E-state index contributed by atoms with van der Waals surface area (Å²) in [6.45, 7) is 3.64. The Labute approximate surface area is 227 Å². The van der Waals surface area contributed by atoms with Crippen LogP contribution in [0.3, 0.4) is 0 Å². The Kier molecular flexibility index (Phi) is 7.97. The van der Waals surface area contributed by atoms with Crippen molar-refractivity contribution in [3.8, 4) is 11.5 Å². The molecule has 0 atom stereocenters. The quantitative estimate of drug-likeness (QED) is 0.373. The molecule has 1 amide bonds. The average molecular weight is 538 g/mol. The van der Waals surface area contributed by atoms with Crippen LogP contribution in [0.15, 0.2) is 36.4 Å². The summed E-state index contributed by atoms with van der Waals surface area (Å²) in [6, 6.07) is 9.60. The normalized spacial score (nSPS) is 15.7. The van der Waals surface area contributed by atoms with E-state index in [-0.39, 0.29) is 11.3 Å². The largest absolute Gasteiger partial charge is 0.507 e. The number of carbonyl (C=O) groups excluding carboxylic acids is 1. The van der Waals surface area contributed by atoms with Crippen LogP contribution in [0.25, 0.3) is 0 Å². The van der Waals surface area contributed by atoms with Gasteiger partial charge in [-0.2, -0.15) is 15.0 Å². The number of methoxy groups -OCH3 is 1. The van der Waals surface area contributed by atoms with E-state index in [0.29, 0.717) is 40.0 Å². The average Bonchev–Trinajstić information content (AvgIpc) is 2.94. The number of hydrogen-bond donors (Lipinski definition) is 3. The van der Waals surface area contributed by atoms with Crippen LogP contribution < -0.4 is 25.2 Å². The maximum Gasteiger partial charge on any atom is 0.259 e. The number of nitrogens with one attached hydrogen (secondary N) is 2. The topological polar surface area (TPSA) is 116 Å². The second kappa shape index (κ2) is 11.7. The van der Waals surface area contributed by atoms with Crippen molar-refractivity contribution in [2.45, 2.75) is 38.5 Å². The molecule has 3 heterocycles. The third-order valence-electron chi connectivity index (χ3n) is 6.82. The van der Waals surface area contributed by atoms with Crippen molar-refractivity contribution in [2.75, 3.05) is 53.7 Å². The number of halogens is 1. The molecule has 0 bridgehead atoms. The zero-order chi connectivity index (χ0) is 26.5. The molecule has 0 aliphatic carbocycles. The van der Waals surface area contributed by atoms with E-state index in [1.807, 2.05) is 0 Å². The summed E-state index contributed by atoms with van der Waals surface area (Å²) >= 11 is 5.93. The molecule has 0 unspecified atom stereocenters. The predicted molar refractivity (Wildman–Crippen MR) is 149 cm³/mol. The molecule has 2 aromatic carbocycles. The summed E-state index contributed by atoms with van der Waals surface area (Å²) in [4.78, 5) is 31.8. The molecule has 11 heteroatoms. The number of nitrogens with zero attached hydrogens (tertiary/aromatic N) is 5. The van der Waals surface area contributed by atoms with E-state index in [2.05, 4.69) is 20.4 Å².